The van der Waals surface area contributed by atoms with Gasteiger partial charge < -0.3 is 4.74 Å². The van der Waals surface area contributed by atoms with E-state index in [2.05, 4.69) is 4.84 Å². The standard InChI is InChI=1S/C7H10F3NO3/c8-7(9,10)4-14-11-6(12)5-1-2-13-3-5/h5H,1-4H2,(H,11,12). The molecule has 0 saturated carbocycles. The zero-order valence-electron chi connectivity index (χ0n) is 7.26. The summed E-state index contributed by atoms with van der Waals surface area (Å²) in [6.45, 7) is -0.787. The van der Waals surface area contributed by atoms with Gasteiger partial charge in [-0.15, -0.1) is 0 Å². The van der Waals surface area contributed by atoms with Crippen LogP contribution in [0, 0.1) is 5.92 Å². The average Bonchev–Trinajstić information content (AvgIpc) is 2.53. The molecule has 1 heterocycles. The summed E-state index contributed by atoms with van der Waals surface area (Å²) in [7, 11) is 0. The van der Waals surface area contributed by atoms with Gasteiger partial charge in [0.1, 0.15) is 0 Å². The largest absolute Gasteiger partial charge is 0.414 e. The first-order chi connectivity index (χ1) is 6.49. The summed E-state index contributed by atoms with van der Waals surface area (Å²) in [6, 6.07) is 0. The summed E-state index contributed by atoms with van der Waals surface area (Å²) in [5.74, 6) is -0.963. The maximum absolute atomic E-state index is 11.6. The number of hydrogen-bond acceptors (Lipinski definition) is 3. The van der Waals surface area contributed by atoms with Crippen LogP contribution in [0.1, 0.15) is 6.42 Å². The smallest absolute Gasteiger partial charge is 0.381 e. The monoisotopic (exact) mass is 213 g/mol. The lowest BCUT2D eigenvalue weighted by Gasteiger charge is -2.10. The van der Waals surface area contributed by atoms with Crippen LogP contribution in [0.3, 0.4) is 0 Å². The number of halogens is 3. The highest BCUT2D eigenvalue weighted by atomic mass is 19.4. The van der Waals surface area contributed by atoms with Gasteiger partial charge in [-0.05, 0) is 6.42 Å². The quantitative estimate of drug-likeness (QED) is 0.699. The average molecular weight is 213 g/mol. The van der Waals surface area contributed by atoms with E-state index in [1.165, 1.54) is 0 Å². The highest BCUT2D eigenvalue weighted by Crippen LogP contribution is 2.15. The second-order valence-corrected chi connectivity index (χ2v) is 2.93. The fourth-order valence-corrected chi connectivity index (χ4v) is 1.01. The van der Waals surface area contributed by atoms with E-state index in [0.29, 0.717) is 13.0 Å². The van der Waals surface area contributed by atoms with E-state index in [9.17, 15) is 18.0 Å². The van der Waals surface area contributed by atoms with Crippen LogP contribution in [0.4, 0.5) is 13.2 Å². The molecule has 0 aromatic carbocycles. The van der Waals surface area contributed by atoms with Crippen molar-refractivity contribution in [2.24, 2.45) is 5.92 Å². The van der Waals surface area contributed by atoms with Gasteiger partial charge in [0.2, 0.25) is 5.91 Å². The van der Waals surface area contributed by atoms with Crippen molar-refractivity contribution in [1.82, 2.24) is 5.48 Å². The highest BCUT2D eigenvalue weighted by molar-refractivity contribution is 5.77. The first kappa shape index (κ1) is 11.3. The molecule has 1 amide bonds. The third-order valence-electron chi connectivity index (χ3n) is 1.71. The van der Waals surface area contributed by atoms with Gasteiger partial charge in [0.05, 0.1) is 12.5 Å². The van der Waals surface area contributed by atoms with Crippen molar-refractivity contribution in [3.8, 4) is 0 Å². The lowest BCUT2D eigenvalue weighted by atomic mass is 10.1. The van der Waals surface area contributed by atoms with E-state index in [4.69, 9.17) is 4.74 Å². The van der Waals surface area contributed by atoms with Crippen LogP contribution in [-0.4, -0.2) is 31.9 Å². The van der Waals surface area contributed by atoms with Crippen molar-refractivity contribution in [3.05, 3.63) is 0 Å². The number of carbonyl (C=O) groups excluding carboxylic acids is 1. The van der Waals surface area contributed by atoms with Crippen LogP contribution in [0.15, 0.2) is 0 Å². The van der Waals surface area contributed by atoms with E-state index < -0.39 is 24.6 Å². The molecule has 1 fully saturated rings. The SMILES string of the molecule is O=C(NOCC(F)(F)F)C1CCOC1. The topological polar surface area (TPSA) is 47.6 Å². The number of rotatable bonds is 3. The Morgan fingerprint density at radius 3 is 2.79 bits per heavy atom. The summed E-state index contributed by atoms with van der Waals surface area (Å²) in [5.41, 5.74) is 1.74. The zero-order chi connectivity index (χ0) is 10.6. The van der Waals surface area contributed by atoms with Crippen molar-refractivity contribution >= 4 is 5.91 Å². The Morgan fingerprint density at radius 2 is 2.29 bits per heavy atom. The first-order valence-corrected chi connectivity index (χ1v) is 4.05. The number of amides is 1. The summed E-state index contributed by atoms with van der Waals surface area (Å²) in [6.07, 6.45) is -3.92. The summed E-state index contributed by atoms with van der Waals surface area (Å²) >= 11 is 0. The maximum Gasteiger partial charge on any atom is 0.414 e. The van der Waals surface area contributed by atoms with E-state index in [0.717, 1.165) is 0 Å². The number of hydroxylamine groups is 1. The molecule has 0 radical (unpaired) electrons. The molecular weight excluding hydrogens is 203 g/mol. The van der Waals surface area contributed by atoms with Gasteiger partial charge >= 0.3 is 6.18 Å². The van der Waals surface area contributed by atoms with Crippen LogP contribution >= 0.6 is 0 Å². The molecule has 1 aliphatic heterocycles. The Morgan fingerprint density at radius 1 is 1.57 bits per heavy atom. The molecular formula is C7H10F3NO3. The fraction of sp³-hybridized carbons (Fsp3) is 0.857. The minimum absolute atomic E-state index is 0.237. The molecule has 7 heteroatoms. The number of hydrogen-bond donors (Lipinski definition) is 1. The normalized spacial score (nSPS) is 22.4. The molecule has 0 spiro atoms. The Bertz CT molecular complexity index is 201. The van der Waals surface area contributed by atoms with Crippen molar-refractivity contribution in [2.75, 3.05) is 19.8 Å². The van der Waals surface area contributed by atoms with Crippen LogP contribution in [-0.2, 0) is 14.4 Å². The predicted molar refractivity (Wildman–Crippen MR) is 39.1 cm³/mol. The van der Waals surface area contributed by atoms with Crippen molar-refractivity contribution in [3.63, 3.8) is 0 Å². The molecule has 1 aliphatic rings. The zero-order valence-corrected chi connectivity index (χ0v) is 7.26. The summed E-state index contributed by atoms with van der Waals surface area (Å²) in [5, 5.41) is 0. The van der Waals surface area contributed by atoms with Gasteiger partial charge in [-0.3, -0.25) is 9.63 Å². The molecule has 14 heavy (non-hydrogen) atoms. The van der Waals surface area contributed by atoms with Crippen LogP contribution in [0.25, 0.3) is 0 Å². The Kier molecular flexibility index (Phi) is 3.70. The molecule has 1 atom stereocenters. The molecule has 0 bridgehead atoms. The molecule has 1 rings (SSSR count). The second-order valence-electron chi connectivity index (χ2n) is 2.93. The van der Waals surface area contributed by atoms with Crippen molar-refractivity contribution < 1.29 is 27.5 Å². The van der Waals surface area contributed by atoms with E-state index in [1.54, 1.807) is 5.48 Å². The van der Waals surface area contributed by atoms with Crippen LogP contribution < -0.4 is 5.48 Å². The van der Waals surface area contributed by atoms with Gasteiger partial charge in [-0.25, -0.2) is 5.48 Å². The second kappa shape index (κ2) is 4.61. The Labute approximate surface area is 78.3 Å². The first-order valence-electron chi connectivity index (χ1n) is 4.05. The van der Waals surface area contributed by atoms with Crippen molar-refractivity contribution in [2.45, 2.75) is 12.6 Å². The van der Waals surface area contributed by atoms with Crippen LogP contribution in [0.2, 0.25) is 0 Å². The van der Waals surface area contributed by atoms with E-state index >= 15 is 0 Å². The highest BCUT2D eigenvalue weighted by Gasteiger charge is 2.29. The lowest BCUT2D eigenvalue weighted by Crippen LogP contribution is -2.34. The number of nitrogens with one attached hydrogen (secondary N) is 1. The van der Waals surface area contributed by atoms with E-state index in [1.807, 2.05) is 0 Å². The van der Waals surface area contributed by atoms with E-state index in [-0.39, 0.29) is 6.61 Å². The van der Waals surface area contributed by atoms with Gasteiger partial charge in [0.25, 0.3) is 0 Å². The molecule has 82 valence electrons. The number of alkyl halides is 3. The van der Waals surface area contributed by atoms with Crippen molar-refractivity contribution in [1.29, 1.82) is 0 Å². The predicted octanol–water partition coefficient (Wildman–Crippen LogP) is 0.633. The Balaban J connectivity index is 2.15. The molecule has 0 aromatic heterocycles. The third kappa shape index (κ3) is 3.93. The molecule has 0 aliphatic carbocycles. The maximum atomic E-state index is 11.6. The lowest BCUT2D eigenvalue weighted by molar-refractivity contribution is -0.192. The molecule has 4 nitrogen and oxygen atoms in total. The number of carbonyl (C=O) groups is 1. The third-order valence-corrected chi connectivity index (χ3v) is 1.71. The molecule has 1 unspecified atom stereocenters. The van der Waals surface area contributed by atoms with Crippen LogP contribution in [0.5, 0.6) is 0 Å². The fourth-order valence-electron chi connectivity index (χ4n) is 1.01. The van der Waals surface area contributed by atoms with Gasteiger partial charge in [-0.1, -0.05) is 0 Å². The minimum Gasteiger partial charge on any atom is -0.381 e. The molecule has 1 N–H and O–H groups in total. The van der Waals surface area contributed by atoms with Gasteiger partial charge in [0, 0.05) is 6.61 Å². The summed E-state index contributed by atoms with van der Waals surface area (Å²) < 4.78 is 39.6. The Hall–Kier alpha value is -0.820. The molecule has 1 saturated heterocycles. The minimum atomic E-state index is -4.43. The summed E-state index contributed by atoms with van der Waals surface area (Å²) in [4.78, 5) is 15.0. The van der Waals surface area contributed by atoms with Gasteiger partial charge in [0.15, 0.2) is 6.61 Å². The molecule has 0 aromatic rings. The van der Waals surface area contributed by atoms with Gasteiger partial charge in [-0.2, -0.15) is 13.2 Å². The number of ether oxygens (including phenoxy) is 1.